The average molecular weight is 252 g/mol. The van der Waals surface area contributed by atoms with Gasteiger partial charge in [-0.3, -0.25) is 4.90 Å². The van der Waals surface area contributed by atoms with E-state index >= 15 is 0 Å². The van der Waals surface area contributed by atoms with E-state index in [1.165, 1.54) is 58.0 Å². The molecule has 1 unspecified atom stereocenters. The molecule has 2 nitrogen and oxygen atoms in total. The Morgan fingerprint density at radius 2 is 1.89 bits per heavy atom. The van der Waals surface area contributed by atoms with Gasteiger partial charge in [0.05, 0.1) is 0 Å². The van der Waals surface area contributed by atoms with Gasteiger partial charge >= 0.3 is 0 Å². The van der Waals surface area contributed by atoms with Crippen molar-refractivity contribution in [3.63, 3.8) is 0 Å². The van der Waals surface area contributed by atoms with Crippen LogP contribution in [-0.4, -0.2) is 36.1 Å². The highest BCUT2D eigenvalue weighted by atomic mass is 15.3. The fourth-order valence-corrected chi connectivity index (χ4v) is 3.64. The number of rotatable bonds is 4. The summed E-state index contributed by atoms with van der Waals surface area (Å²) in [5.74, 6) is 0.943. The maximum atomic E-state index is 3.84. The first kappa shape index (κ1) is 14.3. The summed E-state index contributed by atoms with van der Waals surface area (Å²) in [4.78, 5) is 2.74. The van der Waals surface area contributed by atoms with Crippen molar-refractivity contribution in [1.29, 1.82) is 0 Å². The van der Waals surface area contributed by atoms with E-state index in [4.69, 9.17) is 0 Å². The minimum Gasteiger partial charge on any atom is -0.311 e. The first-order valence-corrected chi connectivity index (χ1v) is 8.12. The van der Waals surface area contributed by atoms with E-state index in [-0.39, 0.29) is 0 Å². The van der Waals surface area contributed by atoms with Gasteiger partial charge in [0.2, 0.25) is 0 Å². The summed E-state index contributed by atoms with van der Waals surface area (Å²) in [7, 11) is 0. The molecule has 0 bridgehead atoms. The van der Waals surface area contributed by atoms with Crippen LogP contribution in [0.15, 0.2) is 0 Å². The van der Waals surface area contributed by atoms with Gasteiger partial charge in [-0.2, -0.15) is 0 Å². The summed E-state index contributed by atoms with van der Waals surface area (Å²) >= 11 is 0. The number of hydrogen-bond acceptors (Lipinski definition) is 2. The van der Waals surface area contributed by atoms with Gasteiger partial charge < -0.3 is 5.32 Å². The van der Waals surface area contributed by atoms with E-state index in [2.05, 4.69) is 31.0 Å². The van der Waals surface area contributed by atoms with Gasteiger partial charge in [0, 0.05) is 24.7 Å². The lowest BCUT2D eigenvalue weighted by Gasteiger charge is -2.48. The molecule has 0 aromatic carbocycles. The fourth-order valence-electron chi connectivity index (χ4n) is 3.64. The number of piperazine rings is 1. The summed E-state index contributed by atoms with van der Waals surface area (Å²) < 4.78 is 0. The largest absolute Gasteiger partial charge is 0.311 e. The Morgan fingerprint density at radius 1 is 1.17 bits per heavy atom. The van der Waals surface area contributed by atoms with Crippen LogP contribution in [0.5, 0.6) is 0 Å². The third-order valence-corrected chi connectivity index (χ3v) is 5.07. The Hall–Kier alpha value is -0.0800. The number of hydrogen-bond donors (Lipinski definition) is 1. The molecule has 1 aliphatic heterocycles. The standard InChI is InChI=1S/C16H32N2/c1-4-5-11-18-12-15(17-13-16(18,2)3)14-9-7-6-8-10-14/h14-15,17H,4-13H2,1-3H3. The van der Waals surface area contributed by atoms with Crippen molar-refractivity contribution >= 4 is 0 Å². The number of unbranched alkanes of at least 4 members (excludes halogenated alkanes) is 1. The van der Waals surface area contributed by atoms with E-state index in [9.17, 15) is 0 Å². The number of nitrogens with zero attached hydrogens (tertiary/aromatic N) is 1. The third kappa shape index (κ3) is 3.48. The molecule has 1 aliphatic carbocycles. The van der Waals surface area contributed by atoms with Crippen molar-refractivity contribution in [3.05, 3.63) is 0 Å². The van der Waals surface area contributed by atoms with Crippen molar-refractivity contribution in [2.24, 2.45) is 5.92 Å². The summed E-state index contributed by atoms with van der Waals surface area (Å²) in [6.45, 7) is 10.8. The Labute approximate surface area is 114 Å². The van der Waals surface area contributed by atoms with Crippen LogP contribution in [0.3, 0.4) is 0 Å². The highest BCUT2D eigenvalue weighted by Crippen LogP contribution is 2.30. The predicted molar refractivity (Wildman–Crippen MR) is 78.9 cm³/mol. The van der Waals surface area contributed by atoms with Crippen LogP contribution in [0.25, 0.3) is 0 Å². The smallest absolute Gasteiger partial charge is 0.0278 e. The highest BCUT2D eigenvalue weighted by Gasteiger charge is 2.36. The zero-order valence-electron chi connectivity index (χ0n) is 12.7. The van der Waals surface area contributed by atoms with E-state index < -0.39 is 0 Å². The summed E-state index contributed by atoms with van der Waals surface area (Å²) in [5, 5.41) is 3.84. The van der Waals surface area contributed by atoms with Crippen LogP contribution in [0.2, 0.25) is 0 Å². The maximum Gasteiger partial charge on any atom is 0.0278 e. The predicted octanol–water partition coefficient (Wildman–Crippen LogP) is 3.42. The van der Waals surface area contributed by atoms with Crippen molar-refractivity contribution in [3.8, 4) is 0 Å². The molecule has 1 heterocycles. The van der Waals surface area contributed by atoms with E-state index in [1.54, 1.807) is 0 Å². The Kier molecular flexibility index (Phi) is 5.08. The molecule has 106 valence electrons. The lowest BCUT2D eigenvalue weighted by Crippen LogP contribution is -2.63. The monoisotopic (exact) mass is 252 g/mol. The number of nitrogens with one attached hydrogen (secondary N) is 1. The van der Waals surface area contributed by atoms with E-state index in [0.29, 0.717) is 5.54 Å². The van der Waals surface area contributed by atoms with Crippen molar-refractivity contribution in [2.45, 2.75) is 77.3 Å². The molecule has 0 amide bonds. The van der Waals surface area contributed by atoms with Crippen LogP contribution in [0.4, 0.5) is 0 Å². The van der Waals surface area contributed by atoms with Gasteiger partial charge in [0.25, 0.3) is 0 Å². The maximum absolute atomic E-state index is 3.84. The fraction of sp³-hybridized carbons (Fsp3) is 1.00. The topological polar surface area (TPSA) is 15.3 Å². The summed E-state index contributed by atoms with van der Waals surface area (Å²) in [6.07, 6.45) is 9.96. The molecule has 0 aromatic rings. The van der Waals surface area contributed by atoms with E-state index in [0.717, 1.165) is 18.5 Å². The zero-order chi connectivity index (χ0) is 13.0. The van der Waals surface area contributed by atoms with Gasteiger partial charge in [0.15, 0.2) is 0 Å². The molecular formula is C16H32N2. The molecule has 0 spiro atoms. The van der Waals surface area contributed by atoms with Gasteiger partial charge in [-0.15, -0.1) is 0 Å². The van der Waals surface area contributed by atoms with Crippen LogP contribution in [0.1, 0.15) is 65.7 Å². The van der Waals surface area contributed by atoms with Crippen LogP contribution >= 0.6 is 0 Å². The summed E-state index contributed by atoms with van der Waals surface area (Å²) in [6, 6.07) is 0.759. The molecule has 2 rings (SSSR count). The molecule has 1 saturated carbocycles. The molecule has 2 heteroatoms. The second kappa shape index (κ2) is 6.38. The first-order valence-electron chi connectivity index (χ1n) is 8.12. The lowest BCUT2D eigenvalue weighted by atomic mass is 9.81. The molecule has 0 aromatic heterocycles. The van der Waals surface area contributed by atoms with Gasteiger partial charge in [-0.05, 0) is 45.6 Å². The van der Waals surface area contributed by atoms with Crippen molar-refractivity contribution < 1.29 is 0 Å². The van der Waals surface area contributed by atoms with Crippen LogP contribution in [0, 0.1) is 5.92 Å². The minimum atomic E-state index is 0.348. The van der Waals surface area contributed by atoms with Gasteiger partial charge in [0.1, 0.15) is 0 Å². The molecule has 1 atom stereocenters. The molecule has 0 radical (unpaired) electrons. The first-order chi connectivity index (χ1) is 8.63. The minimum absolute atomic E-state index is 0.348. The third-order valence-electron chi connectivity index (χ3n) is 5.07. The van der Waals surface area contributed by atoms with E-state index in [1.807, 2.05) is 0 Å². The molecule has 2 fully saturated rings. The molecule has 18 heavy (non-hydrogen) atoms. The summed E-state index contributed by atoms with van der Waals surface area (Å²) in [5.41, 5.74) is 0.348. The molecular weight excluding hydrogens is 220 g/mol. The second-order valence-electron chi connectivity index (χ2n) is 7.00. The van der Waals surface area contributed by atoms with Gasteiger partial charge in [-0.1, -0.05) is 32.6 Å². The molecule has 1 N–H and O–H groups in total. The normalized spacial score (nSPS) is 30.5. The lowest BCUT2D eigenvalue weighted by molar-refractivity contribution is 0.0431. The highest BCUT2D eigenvalue weighted by molar-refractivity contribution is 4.95. The van der Waals surface area contributed by atoms with Crippen molar-refractivity contribution in [2.75, 3.05) is 19.6 Å². The zero-order valence-corrected chi connectivity index (χ0v) is 12.7. The molecule has 1 saturated heterocycles. The Morgan fingerprint density at radius 3 is 2.56 bits per heavy atom. The molecule has 2 aliphatic rings. The SMILES string of the molecule is CCCCN1CC(C2CCCCC2)NCC1(C)C. The van der Waals surface area contributed by atoms with Crippen molar-refractivity contribution in [1.82, 2.24) is 10.2 Å². The Bertz CT molecular complexity index is 243. The quantitative estimate of drug-likeness (QED) is 0.825. The second-order valence-corrected chi connectivity index (χ2v) is 7.00. The van der Waals surface area contributed by atoms with Gasteiger partial charge in [-0.25, -0.2) is 0 Å². The Balaban J connectivity index is 1.90. The van der Waals surface area contributed by atoms with Crippen LogP contribution in [-0.2, 0) is 0 Å². The average Bonchev–Trinajstić information content (AvgIpc) is 2.38. The van der Waals surface area contributed by atoms with Crippen LogP contribution < -0.4 is 5.32 Å².